The average Bonchev–Trinajstić information content (AvgIpc) is 3.33. The number of hydrogen-bond donors (Lipinski definition) is 3. The number of rotatable bonds is 2. The van der Waals surface area contributed by atoms with Crippen molar-refractivity contribution in [2.24, 2.45) is 0 Å². The minimum atomic E-state index is -1.56. The van der Waals surface area contributed by atoms with E-state index in [1.807, 2.05) is 0 Å². The van der Waals surface area contributed by atoms with Gasteiger partial charge in [-0.3, -0.25) is 14.5 Å². The highest BCUT2D eigenvalue weighted by atomic mass is 16.7. The summed E-state index contributed by atoms with van der Waals surface area (Å²) in [5, 5.41) is 34.9. The normalized spacial score (nSPS) is 27.9. The molecule has 0 aromatic heterocycles. The Balaban J connectivity index is 1.58. The third-order valence-corrected chi connectivity index (χ3v) is 7.96. The fourth-order valence-electron chi connectivity index (χ4n) is 6.04. The van der Waals surface area contributed by atoms with Gasteiger partial charge in [0.25, 0.3) is 0 Å². The number of aliphatic hydroxyl groups is 1. The van der Waals surface area contributed by atoms with Crippen LogP contribution in [0.2, 0.25) is 0 Å². The largest absolute Gasteiger partial charge is 0.507 e. The molecule has 35 heavy (non-hydrogen) atoms. The zero-order valence-corrected chi connectivity index (χ0v) is 19.4. The van der Waals surface area contributed by atoms with Gasteiger partial charge in [-0.25, -0.2) is 0 Å². The zero-order valence-electron chi connectivity index (χ0n) is 19.4. The molecule has 6 rings (SSSR count). The lowest BCUT2D eigenvalue weighted by Gasteiger charge is -2.49. The Bertz CT molecular complexity index is 1240. The van der Waals surface area contributed by atoms with Crippen molar-refractivity contribution < 1.29 is 39.1 Å². The fraction of sp³-hybridized carbons (Fsp3) is 0.462. The molecule has 9 heteroatoms. The molecular formula is C26H27NO8. The highest BCUT2D eigenvalue weighted by Crippen LogP contribution is 2.54. The van der Waals surface area contributed by atoms with Crippen LogP contribution < -0.4 is 0 Å². The second kappa shape index (κ2) is 7.84. The highest BCUT2D eigenvalue weighted by molar-refractivity contribution is 6.30. The number of ether oxygens (including phenoxy) is 3. The maximum Gasteiger partial charge on any atom is 0.198 e. The van der Waals surface area contributed by atoms with Crippen molar-refractivity contribution >= 4 is 11.6 Å². The minimum Gasteiger partial charge on any atom is -0.507 e. The highest BCUT2D eigenvalue weighted by Gasteiger charge is 2.57. The van der Waals surface area contributed by atoms with E-state index >= 15 is 0 Å². The summed E-state index contributed by atoms with van der Waals surface area (Å²) in [4.78, 5) is 28.9. The Labute approximate surface area is 201 Å². The van der Waals surface area contributed by atoms with E-state index < -0.39 is 34.7 Å². The van der Waals surface area contributed by atoms with Crippen molar-refractivity contribution in [3.63, 3.8) is 0 Å². The maximum absolute atomic E-state index is 13.4. The number of ketones is 2. The lowest BCUT2D eigenvalue weighted by molar-refractivity contribution is -0.267. The van der Waals surface area contributed by atoms with Crippen LogP contribution in [0.3, 0.4) is 0 Å². The molecule has 2 aliphatic carbocycles. The molecule has 0 unspecified atom stereocenters. The average molecular weight is 482 g/mol. The number of hydrogen-bond acceptors (Lipinski definition) is 9. The van der Waals surface area contributed by atoms with Crippen LogP contribution in [0.15, 0.2) is 24.3 Å². The van der Waals surface area contributed by atoms with Gasteiger partial charge in [-0.05, 0) is 6.92 Å². The summed E-state index contributed by atoms with van der Waals surface area (Å²) in [5.41, 5.74) is -1.03. The molecular weight excluding hydrogens is 454 g/mol. The first-order chi connectivity index (χ1) is 16.8. The molecule has 9 nitrogen and oxygen atoms in total. The number of phenolic OH excluding ortho intramolecular Hbond substituents is 2. The van der Waals surface area contributed by atoms with Crippen LogP contribution in [0.25, 0.3) is 0 Å². The summed E-state index contributed by atoms with van der Waals surface area (Å²) in [7, 11) is 0. The standard InChI is InChI=1S/C26H27NO8/c1-25(34-10-11-35-25)26(32)12-16-18(17(13-26)27-6-8-33-9-7-27)24(31)20-19(23(16)30)21(28)14-4-2-3-5-15(14)22(20)29/h2-5,17,30-32H,6-13H2,1H3/t17-,26-/m0/s1. The molecule has 0 radical (unpaired) electrons. The number of carbonyl (C=O) groups excluding carboxylic acids is 2. The molecule has 2 heterocycles. The van der Waals surface area contributed by atoms with Crippen LogP contribution in [-0.4, -0.2) is 82.7 Å². The molecule has 2 fully saturated rings. The van der Waals surface area contributed by atoms with Crippen molar-refractivity contribution in [2.75, 3.05) is 39.5 Å². The molecule has 2 atom stereocenters. The molecule has 0 spiro atoms. The van der Waals surface area contributed by atoms with Crippen LogP contribution in [0, 0.1) is 0 Å². The second-order valence-electron chi connectivity index (χ2n) is 9.76. The molecule has 0 saturated carbocycles. The molecule has 2 aromatic rings. The topological polar surface area (TPSA) is 126 Å². The zero-order chi connectivity index (χ0) is 24.5. The Morgan fingerprint density at radius 2 is 1.49 bits per heavy atom. The first-order valence-corrected chi connectivity index (χ1v) is 11.9. The van der Waals surface area contributed by atoms with Gasteiger partial charge < -0.3 is 29.5 Å². The van der Waals surface area contributed by atoms with Gasteiger partial charge >= 0.3 is 0 Å². The Kier molecular flexibility index (Phi) is 5.07. The van der Waals surface area contributed by atoms with Crippen LogP contribution in [0.5, 0.6) is 11.5 Å². The first-order valence-electron chi connectivity index (χ1n) is 11.9. The smallest absolute Gasteiger partial charge is 0.198 e. The Hall–Kier alpha value is -2.82. The van der Waals surface area contributed by atoms with Crippen molar-refractivity contribution in [2.45, 2.75) is 37.2 Å². The molecule has 4 aliphatic rings. The van der Waals surface area contributed by atoms with Gasteiger partial charge in [0.15, 0.2) is 17.4 Å². The lowest BCUT2D eigenvalue weighted by Crippen LogP contribution is -2.59. The van der Waals surface area contributed by atoms with Crippen LogP contribution in [-0.2, 0) is 20.6 Å². The lowest BCUT2D eigenvalue weighted by atomic mass is 9.69. The van der Waals surface area contributed by atoms with E-state index in [1.165, 1.54) is 6.07 Å². The molecule has 0 amide bonds. The molecule has 184 valence electrons. The number of nitrogens with zero attached hydrogens (tertiary/aromatic N) is 1. The molecule has 2 aromatic carbocycles. The quantitative estimate of drug-likeness (QED) is 0.469. The van der Waals surface area contributed by atoms with Crippen LogP contribution in [0.1, 0.15) is 62.4 Å². The number of benzene rings is 2. The third kappa shape index (κ3) is 3.12. The number of aromatic hydroxyl groups is 2. The van der Waals surface area contributed by atoms with Crippen LogP contribution >= 0.6 is 0 Å². The predicted octanol–water partition coefficient (Wildman–Crippen LogP) is 1.69. The van der Waals surface area contributed by atoms with Crippen molar-refractivity contribution in [3.05, 3.63) is 57.6 Å². The molecule has 2 saturated heterocycles. The van der Waals surface area contributed by atoms with Gasteiger partial charge in [0, 0.05) is 54.2 Å². The van der Waals surface area contributed by atoms with Crippen molar-refractivity contribution in [1.29, 1.82) is 0 Å². The van der Waals surface area contributed by atoms with E-state index in [-0.39, 0.29) is 46.4 Å². The summed E-state index contributed by atoms with van der Waals surface area (Å²) in [6.07, 6.45) is 0.0243. The van der Waals surface area contributed by atoms with Gasteiger partial charge in [-0.1, -0.05) is 24.3 Å². The summed E-state index contributed by atoms with van der Waals surface area (Å²) in [6, 6.07) is 5.81. The monoisotopic (exact) mass is 481 g/mol. The van der Waals surface area contributed by atoms with E-state index in [0.29, 0.717) is 45.1 Å². The predicted molar refractivity (Wildman–Crippen MR) is 122 cm³/mol. The van der Waals surface area contributed by atoms with E-state index in [2.05, 4.69) is 4.90 Å². The molecule has 0 bridgehead atoms. The van der Waals surface area contributed by atoms with Gasteiger partial charge in [-0.2, -0.15) is 0 Å². The van der Waals surface area contributed by atoms with E-state index in [4.69, 9.17) is 14.2 Å². The first kappa shape index (κ1) is 22.6. The van der Waals surface area contributed by atoms with Gasteiger partial charge in [0.05, 0.1) is 37.6 Å². The Morgan fingerprint density at radius 3 is 2.09 bits per heavy atom. The Morgan fingerprint density at radius 1 is 0.914 bits per heavy atom. The maximum atomic E-state index is 13.4. The number of phenols is 2. The van der Waals surface area contributed by atoms with Gasteiger partial charge in [0.1, 0.15) is 17.1 Å². The number of morpholine rings is 1. The summed E-state index contributed by atoms with van der Waals surface area (Å²) >= 11 is 0. The number of carbonyl (C=O) groups is 2. The van der Waals surface area contributed by atoms with E-state index in [1.54, 1.807) is 25.1 Å². The summed E-state index contributed by atoms with van der Waals surface area (Å²) < 4.78 is 17.1. The van der Waals surface area contributed by atoms with E-state index in [9.17, 15) is 24.9 Å². The summed E-state index contributed by atoms with van der Waals surface area (Å²) in [6.45, 7) is 4.31. The van der Waals surface area contributed by atoms with Crippen molar-refractivity contribution in [1.82, 2.24) is 4.90 Å². The third-order valence-electron chi connectivity index (χ3n) is 7.96. The van der Waals surface area contributed by atoms with Gasteiger partial charge in [0.2, 0.25) is 0 Å². The SMILES string of the molecule is CC1([C@]2(O)Cc3c(O)c4c(c(O)c3[C@@H](N3CCOCC3)C2)C(=O)c2ccccc2C4=O)OCCO1. The number of fused-ring (bicyclic) bond motifs is 3. The van der Waals surface area contributed by atoms with E-state index in [0.717, 1.165) is 0 Å². The second-order valence-corrected chi connectivity index (χ2v) is 9.76. The minimum absolute atomic E-state index is 0.116. The van der Waals surface area contributed by atoms with Crippen LogP contribution in [0.4, 0.5) is 0 Å². The van der Waals surface area contributed by atoms with Crippen molar-refractivity contribution in [3.8, 4) is 11.5 Å². The summed E-state index contributed by atoms with van der Waals surface area (Å²) in [5.74, 6) is -3.10. The molecule has 3 N–H and O–H groups in total. The molecule has 2 aliphatic heterocycles. The van der Waals surface area contributed by atoms with Gasteiger partial charge in [-0.15, -0.1) is 0 Å². The fourth-order valence-corrected chi connectivity index (χ4v) is 6.04.